The van der Waals surface area contributed by atoms with Crippen molar-refractivity contribution in [1.82, 2.24) is 10.1 Å². The van der Waals surface area contributed by atoms with E-state index in [4.69, 9.17) is 14.0 Å². The fourth-order valence-corrected chi connectivity index (χ4v) is 3.77. The molecule has 0 unspecified atom stereocenters. The highest BCUT2D eigenvalue weighted by Crippen LogP contribution is 2.32. The van der Waals surface area contributed by atoms with E-state index in [1.165, 1.54) is 18.5 Å². The molecule has 12 heteroatoms. The van der Waals surface area contributed by atoms with Crippen molar-refractivity contribution in [2.24, 2.45) is 0 Å². The summed E-state index contributed by atoms with van der Waals surface area (Å²) in [4.78, 5) is 4.24. The number of hydrogen-bond donors (Lipinski definition) is 1. The van der Waals surface area contributed by atoms with Crippen molar-refractivity contribution in [3.63, 3.8) is 0 Å². The molecule has 4 rings (SSSR count). The Morgan fingerprint density at radius 2 is 1.78 bits per heavy atom. The first-order valence-corrected chi connectivity index (χ1v) is 12.4. The number of nitrogens with zero attached hydrogens (tertiary/aromatic N) is 2. The lowest BCUT2D eigenvalue weighted by atomic mass is 10.1. The van der Waals surface area contributed by atoms with Gasteiger partial charge in [-0.2, -0.15) is 13.2 Å². The summed E-state index contributed by atoms with van der Waals surface area (Å²) in [7, 11) is -3.64. The molecule has 0 aliphatic rings. The highest BCUT2D eigenvalue weighted by atomic mass is 32.2. The molecule has 8 nitrogen and oxygen atoms in total. The van der Waals surface area contributed by atoms with Crippen LogP contribution in [0.1, 0.15) is 16.8 Å². The number of rotatable bonds is 9. The van der Waals surface area contributed by atoms with Crippen LogP contribution in [-0.2, 0) is 29.4 Å². The summed E-state index contributed by atoms with van der Waals surface area (Å²) in [5, 5.41) is 3.73. The Kier molecular flexibility index (Phi) is 7.15. The van der Waals surface area contributed by atoms with Crippen molar-refractivity contribution in [1.29, 1.82) is 0 Å². The van der Waals surface area contributed by atoms with Crippen LogP contribution in [0.25, 0.3) is 11.1 Å². The third-order valence-electron chi connectivity index (χ3n) is 4.82. The van der Waals surface area contributed by atoms with Crippen LogP contribution < -0.4 is 14.2 Å². The normalized spacial score (nSPS) is 11.8. The molecule has 2 aromatic carbocycles. The molecule has 2 aromatic heterocycles. The molecule has 36 heavy (non-hydrogen) atoms. The van der Waals surface area contributed by atoms with E-state index in [0.717, 1.165) is 18.4 Å². The molecule has 0 bridgehead atoms. The molecule has 0 fully saturated rings. The first kappa shape index (κ1) is 25.0. The number of nitrogens with one attached hydrogen (secondary N) is 1. The van der Waals surface area contributed by atoms with Crippen molar-refractivity contribution in [2.45, 2.75) is 19.4 Å². The van der Waals surface area contributed by atoms with Crippen molar-refractivity contribution in [3.8, 4) is 22.8 Å². The fourth-order valence-electron chi connectivity index (χ4n) is 3.22. The quantitative estimate of drug-likeness (QED) is 0.321. The lowest BCUT2D eigenvalue weighted by Crippen LogP contribution is -2.12. The molecule has 1 N–H and O–H groups in total. The average Bonchev–Trinajstić information content (AvgIpc) is 3.34. The van der Waals surface area contributed by atoms with E-state index in [1.54, 1.807) is 42.5 Å². The van der Waals surface area contributed by atoms with E-state index in [-0.39, 0.29) is 24.8 Å². The molecule has 2 heterocycles. The molecule has 188 valence electrons. The van der Waals surface area contributed by atoms with Gasteiger partial charge in [0.05, 0.1) is 11.8 Å². The van der Waals surface area contributed by atoms with Gasteiger partial charge in [-0.1, -0.05) is 29.4 Å². The Bertz CT molecular complexity index is 1440. The third kappa shape index (κ3) is 6.75. The number of ether oxygens (including phenoxy) is 2. The van der Waals surface area contributed by atoms with Crippen LogP contribution in [0.2, 0.25) is 0 Å². The Morgan fingerprint density at radius 1 is 0.972 bits per heavy atom. The highest BCUT2D eigenvalue weighted by molar-refractivity contribution is 7.92. The van der Waals surface area contributed by atoms with Crippen LogP contribution in [0.15, 0.2) is 77.6 Å². The van der Waals surface area contributed by atoms with E-state index in [9.17, 15) is 21.6 Å². The summed E-state index contributed by atoms with van der Waals surface area (Å²) in [6, 6.07) is 14.9. The van der Waals surface area contributed by atoms with Crippen LogP contribution in [0.5, 0.6) is 11.6 Å². The Hall–Kier alpha value is -4.06. The van der Waals surface area contributed by atoms with Crippen molar-refractivity contribution < 1.29 is 35.6 Å². The molecule has 0 atom stereocenters. The van der Waals surface area contributed by atoms with Gasteiger partial charge < -0.3 is 14.0 Å². The smallest absolute Gasteiger partial charge is 0.416 e. The summed E-state index contributed by atoms with van der Waals surface area (Å²) in [5.41, 5.74) is 1.43. The number of anilines is 1. The SMILES string of the molecule is CS(=O)(=O)Nc1cc(-c2cccc(OCc3cccc(C(F)(F)F)c3)c2)cnc1OCc1ccon1. The zero-order valence-corrected chi connectivity index (χ0v) is 19.6. The van der Waals surface area contributed by atoms with Crippen molar-refractivity contribution >= 4 is 15.7 Å². The van der Waals surface area contributed by atoms with E-state index < -0.39 is 21.8 Å². The number of hydrogen-bond acceptors (Lipinski definition) is 7. The number of aromatic nitrogens is 2. The monoisotopic (exact) mass is 519 g/mol. The lowest BCUT2D eigenvalue weighted by Gasteiger charge is -2.13. The van der Waals surface area contributed by atoms with E-state index in [0.29, 0.717) is 28.1 Å². The summed E-state index contributed by atoms with van der Waals surface area (Å²) in [6.07, 6.45) is -0.556. The Labute approximate surface area is 204 Å². The second-order valence-corrected chi connectivity index (χ2v) is 9.49. The molecular weight excluding hydrogens is 499 g/mol. The third-order valence-corrected chi connectivity index (χ3v) is 5.41. The second kappa shape index (κ2) is 10.3. The Balaban J connectivity index is 1.54. The molecule has 0 radical (unpaired) electrons. The first-order chi connectivity index (χ1) is 17.1. The maximum Gasteiger partial charge on any atom is 0.416 e. The minimum atomic E-state index is -4.44. The van der Waals surface area contributed by atoms with Crippen LogP contribution in [0.4, 0.5) is 18.9 Å². The maximum atomic E-state index is 12.9. The summed E-state index contributed by atoms with van der Waals surface area (Å²) < 4.78 is 81.0. The number of pyridine rings is 1. The lowest BCUT2D eigenvalue weighted by molar-refractivity contribution is -0.137. The van der Waals surface area contributed by atoms with Crippen molar-refractivity contribution in [3.05, 3.63) is 89.9 Å². The van der Waals surface area contributed by atoms with E-state index in [1.807, 2.05) is 0 Å². The van der Waals surface area contributed by atoms with Crippen LogP contribution in [0.3, 0.4) is 0 Å². The molecule has 0 saturated carbocycles. The van der Waals surface area contributed by atoms with Gasteiger partial charge in [0.15, 0.2) is 0 Å². The Morgan fingerprint density at radius 3 is 2.50 bits per heavy atom. The van der Waals surface area contributed by atoms with Gasteiger partial charge in [-0.15, -0.1) is 0 Å². The van der Waals surface area contributed by atoms with Gasteiger partial charge in [-0.25, -0.2) is 13.4 Å². The van der Waals surface area contributed by atoms with Gasteiger partial charge in [-0.05, 0) is 41.5 Å². The zero-order chi connectivity index (χ0) is 25.8. The van der Waals surface area contributed by atoms with Crippen LogP contribution in [0, 0.1) is 0 Å². The molecular formula is C24H20F3N3O5S. The van der Waals surface area contributed by atoms with Crippen LogP contribution in [-0.4, -0.2) is 24.8 Å². The predicted octanol–water partition coefficient (Wildman–Crippen LogP) is 5.28. The van der Waals surface area contributed by atoms with E-state index in [2.05, 4.69) is 14.9 Å². The first-order valence-electron chi connectivity index (χ1n) is 10.5. The van der Waals surface area contributed by atoms with Crippen LogP contribution >= 0.6 is 0 Å². The molecule has 0 amide bonds. The summed E-state index contributed by atoms with van der Waals surface area (Å²) in [6.45, 7) is -0.0541. The van der Waals surface area contributed by atoms with Gasteiger partial charge in [0.25, 0.3) is 0 Å². The maximum absolute atomic E-state index is 12.9. The number of benzene rings is 2. The van der Waals surface area contributed by atoms with Gasteiger partial charge in [-0.3, -0.25) is 4.72 Å². The average molecular weight is 520 g/mol. The highest BCUT2D eigenvalue weighted by Gasteiger charge is 2.30. The topological polar surface area (TPSA) is 104 Å². The van der Waals surface area contributed by atoms with Gasteiger partial charge in [0, 0.05) is 17.8 Å². The molecule has 0 spiro atoms. The molecule has 0 saturated heterocycles. The number of halogens is 3. The van der Waals surface area contributed by atoms with Gasteiger partial charge in [0.2, 0.25) is 15.9 Å². The molecule has 0 aliphatic carbocycles. The van der Waals surface area contributed by atoms with Crippen molar-refractivity contribution in [2.75, 3.05) is 11.0 Å². The summed E-state index contributed by atoms with van der Waals surface area (Å²) in [5.74, 6) is 0.456. The van der Waals surface area contributed by atoms with E-state index >= 15 is 0 Å². The minimum absolute atomic E-state index is 0.0140. The number of sulfonamides is 1. The second-order valence-electron chi connectivity index (χ2n) is 7.75. The zero-order valence-electron chi connectivity index (χ0n) is 18.8. The molecule has 4 aromatic rings. The standard InChI is InChI=1S/C24H20F3N3O5S/c1-36(31,32)30-22-12-18(13-28-23(22)34-15-20-8-9-35-29-20)17-5-3-7-21(11-17)33-14-16-4-2-6-19(10-16)24(25,26)27/h2-13,30H,14-15H2,1H3. The van der Waals surface area contributed by atoms with Gasteiger partial charge >= 0.3 is 6.18 Å². The molecule has 0 aliphatic heterocycles. The van der Waals surface area contributed by atoms with Gasteiger partial charge in [0.1, 0.15) is 36.6 Å². The fraction of sp³-hybridized carbons (Fsp3) is 0.167. The number of alkyl halides is 3. The summed E-state index contributed by atoms with van der Waals surface area (Å²) >= 11 is 0. The predicted molar refractivity (Wildman–Crippen MR) is 125 cm³/mol. The largest absolute Gasteiger partial charge is 0.489 e. The minimum Gasteiger partial charge on any atom is -0.489 e.